The Morgan fingerprint density at radius 2 is 0.539 bits per heavy atom. The zero-order chi connectivity index (χ0) is 58.5. The molecule has 416 valence electrons. The van der Waals surface area contributed by atoms with Crippen molar-refractivity contribution in [3.05, 3.63) is 297 Å². The van der Waals surface area contributed by atoms with Gasteiger partial charge in [0, 0.05) is 103 Å². The van der Waals surface area contributed by atoms with Crippen LogP contribution in [0.3, 0.4) is 0 Å². The van der Waals surface area contributed by atoms with E-state index in [2.05, 4.69) is 305 Å². The van der Waals surface area contributed by atoms with E-state index in [1.807, 2.05) is 6.07 Å². The third-order valence-electron chi connectivity index (χ3n) is 17.4. The lowest BCUT2D eigenvalue weighted by Crippen LogP contribution is -1.96. The lowest BCUT2D eigenvalue weighted by Gasteiger charge is -2.11. The molecule has 0 fully saturated rings. The largest absolute Gasteiger partial charge is 0.309 e. The maximum absolute atomic E-state index is 5.39. The van der Waals surface area contributed by atoms with Gasteiger partial charge in [-0.2, -0.15) is 0 Å². The summed E-state index contributed by atoms with van der Waals surface area (Å²) in [4.78, 5) is 22.9. The molecule has 0 aliphatic heterocycles. The number of para-hydroxylation sites is 6. The number of benzene rings is 12. The third-order valence-corrected chi connectivity index (χ3v) is 19.5. The zero-order valence-corrected chi connectivity index (χ0v) is 49.4. The number of aromatic nitrogens is 7. The van der Waals surface area contributed by atoms with Crippen molar-refractivity contribution in [3.63, 3.8) is 0 Å². The average Bonchev–Trinajstić information content (AvgIpc) is 4.06. The highest BCUT2D eigenvalue weighted by Gasteiger charge is 2.22. The molecule has 0 aliphatic carbocycles. The van der Waals surface area contributed by atoms with Crippen molar-refractivity contribution in [3.8, 4) is 62.4 Å². The molecule has 0 radical (unpaired) electrons. The first-order chi connectivity index (χ1) is 44.1. The van der Waals surface area contributed by atoms with Crippen LogP contribution in [0.4, 0.5) is 0 Å². The van der Waals surface area contributed by atoms with Crippen molar-refractivity contribution in [2.75, 3.05) is 0 Å². The summed E-state index contributed by atoms with van der Waals surface area (Å²) >= 11 is 3.46. The summed E-state index contributed by atoms with van der Waals surface area (Å²) in [5, 5.41) is 12.1. The van der Waals surface area contributed by atoms with Gasteiger partial charge in [-0.05, 0) is 109 Å². The highest BCUT2D eigenvalue weighted by atomic mass is 32.1. The normalized spacial score (nSPS) is 11.8. The molecule has 0 N–H and O–H groups in total. The van der Waals surface area contributed by atoms with E-state index in [9.17, 15) is 0 Å². The fourth-order valence-corrected chi connectivity index (χ4v) is 15.6. The van der Waals surface area contributed by atoms with Crippen LogP contribution in [0.5, 0.6) is 0 Å². The Balaban J connectivity index is 0.000000139. The van der Waals surface area contributed by atoms with Gasteiger partial charge in [-0.3, -0.25) is 0 Å². The van der Waals surface area contributed by atoms with Gasteiger partial charge < -0.3 is 13.7 Å². The van der Waals surface area contributed by atoms with Crippen molar-refractivity contribution in [1.29, 1.82) is 0 Å². The molecule has 19 aromatic rings. The van der Waals surface area contributed by atoms with Crippen LogP contribution in [0, 0.1) is 0 Å². The molecular formula is C80H49N7S2. The van der Waals surface area contributed by atoms with Crippen LogP contribution < -0.4 is 0 Å². The number of thiophene rings is 2. The van der Waals surface area contributed by atoms with E-state index in [1.54, 1.807) is 22.7 Å². The SMILES string of the molecule is c1ccc(-c2nc(-c3ccc(-n4c5ccccc5c5ccccc54)cc3)nc3sc4ccccc4c23)cc1.c1ccc(-n2c3ccccc3c3cc(-c4nc(-c5ccc(-n6c7ccccc7c7ccccc76)cc5)c5c(n4)sc4ccccc45)ccc32)cc1. The maximum Gasteiger partial charge on any atom is 0.161 e. The van der Waals surface area contributed by atoms with E-state index in [4.69, 9.17) is 19.9 Å². The Morgan fingerprint density at radius 1 is 0.225 bits per heavy atom. The van der Waals surface area contributed by atoms with E-state index in [-0.39, 0.29) is 0 Å². The molecule has 19 rings (SSSR count). The number of hydrogen-bond donors (Lipinski definition) is 0. The fraction of sp³-hybridized carbons (Fsp3) is 0. The second kappa shape index (κ2) is 20.7. The predicted molar refractivity (Wildman–Crippen MR) is 375 cm³/mol. The molecule has 12 aromatic carbocycles. The van der Waals surface area contributed by atoms with Crippen LogP contribution in [-0.2, 0) is 0 Å². The number of fused-ring (bicyclic) bond motifs is 15. The van der Waals surface area contributed by atoms with Gasteiger partial charge in [-0.1, -0.05) is 188 Å². The Hall–Kier alpha value is -11.4. The number of rotatable bonds is 7. The Kier molecular flexibility index (Phi) is 11.8. The minimum absolute atomic E-state index is 0.731. The molecule has 9 heteroatoms. The third kappa shape index (κ3) is 8.31. The van der Waals surface area contributed by atoms with Crippen molar-refractivity contribution in [2.45, 2.75) is 0 Å². The summed E-state index contributed by atoms with van der Waals surface area (Å²) in [6.45, 7) is 0. The molecule has 0 aliphatic rings. The van der Waals surface area contributed by atoms with E-state index >= 15 is 0 Å². The molecule has 0 unspecified atom stereocenters. The molecule has 0 amide bonds. The zero-order valence-electron chi connectivity index (χ0n) is 47.7. The average molecular weight is 1170 g/mol. The predicted octanol–water partition coefficient (Wildman–Crippen LogP) is 21.6. The summed E-state index contributed by atoms with van der Waals surface area (Å²) in [5.41, 5.74) is 16.7. The molecule has 89 heavy (non-hydrogen) atoms. The quantitative estimate of drug-likeness (QED) is 0.159. The molecule has 7 nitrogen and oxygen atoms in total. The van der Waals surface area contributed by atoms with E-state index < -0.39 is 0 Å². The first-order valence-corrected chi connectivity index (χ1v) is 31.5. The molecule has 7 aromatic heterocycles. The lowest BCUT2D eigenvalue weighted by molar-refractivity contribution is 1.17. The lowest BCUT2D eigenvalue weighted by atomic mass is 10.0. The minimum atomic E-state index is 0.731. The molecule has 0 atom stereocenters. The first-order valence-electron chi connectivity index (χ1n) is 29.9. The van der Waals surface area contributed by atoms with Gasteiger partial charge in [-0.15, -0.1) is 22.7 Å². The van der Waals surface area contributed by atoms with Crippen LogP contribution >= 0.6 is 22.7 Å². The summed E-state index contributed by atoms with van der Waals surface area (Å²) in [6.07, 6.45) is 0. The highest BCUT2D eigenvalue weighted by Crippen LogP contribution is 2.43. The summed E-state index contributed by atoms with van der Waals surface area (Å²) in [6, 6.07) is 105. The first kappa shape index (κ1) is 50.9. The smallest absolute Gasteiger partial charge is 0.161 e. The molecule has 0 bridgehead atoms. The topological polar surface area (TPSA) is 66.3 Å². The standard InChI is InChI=1S/C46H28N4S.C34H21N3S/c1-2-12-31(13-3-1)49-40-20-10-6-16-35(40)37-28-30(24-27-41(37)49)45-47-44(43-36-17-7-11-21-42(36)51-46(43)48-45)29-22-25-32(26-23-29)50-38-18-8-4-14-33(38)34-15-5-9-19-39(34)50;1-2-10-22(11-3-1)32-31-27-14-6-9-17-30(27)38-34(31)36-33(35-32)23-18-20-24(21-19-23)37-28-15-7-4-12-25(28)26-13-5-8-16-29(26)37/h1-28H;1-21H. The summed E-state index contributed by atoms with van der Waals surface area (Å²) in [5.74, 6) is 1.48. The van der Waals surface area contributed by atoms with Crippen LogP contribution in [0.15, 0.2) is 297 Å². The van der Waals surface area contributed by atoms with Crippen LogP contribution in [0.1, 0.15) is 0 Å². The number of nitrogens with zero attached hydrogens (tertiary/aromatic N) is 7. The molecule has 7 heterocycles. The Morgan fingerprint density at radius 3 is 0.989 bits per heavy atom. The van der Waals surface area contributed by atoms with Crippen molar-refractivity contribution >= 4 is 129 Å². The van der Waals surface area contributed by atoms with Gasteiger partial charge in [0.1, 0.15) is 9.66 Å². The van der Waals surface area contributed by atoms with Crippen molar-refractivity contribution in [1.82, 2.24) is 33.6 Å². The van der Waals surface area contributed by atoms with Crippen molar-refractivity contribution in [2.24, 2.45) is 0 Å². The molecule has 0 saturated carbocycles. The second-order valence-electron chi connectivity index (χ2n) is 22.5. The fourth-order valence-electron chi connectivity index (χ4n) is 13.4. The minimum Gasteiger partial charge on any atom is -0.309 e. The summed E-state index contributed by atoms with van der Waals surface area (Å²) in [7, 11) is 0. The highest BCUT2D eigenvalue weighted by molar-refractivity contribution is 7.26. The van der Waals surface area contributed by atoms with Gasteiger partial charge in [0.2, 0.25) is 0 Å². The van der Waals surface area contributed by atoms with E-state index in [1.165, 1.54) is 80.1 Å². The molecule has 0 saturated heterocycles. The van der Waals surface area contributed by atoms with Gasteiger partial charge in [0.05, 0.1) is 44.5 Å². The van der Waals surface area contributed by atoms with Gasteiger partial charge in [0.25, 0.3) is 0 Å². The van der Waals surface area contributed by atoms with Gasteiger partial charge in [-0.25, -0.2) is 19.9 Å². The van der Waals surface area contributed by atoms with Crippen LogP contribution in [-0.4, -0.2) is 33.6 Å². The van der Waals surface area contributed by atoms with Gasteiger partial charge >= 0.3 is 0 Å². The van der Waals surface area contributed by atoms with Crippen LogP contribution in [0.25, 0.3) is 168 Å². The molecular weight excluding hydrogens is 1120 g/mol. The molecule has 0 spiro atoms. The van der Waals surface area contributed by atoms with Crippen molar-refractivity contribution < 1.29 is 0 Å². The van der Waals surface area contributed by atoms with E-state index in [0.717, 1.165) is 88.3 Å². The van der Waals surface area contributed by atoms with E-state index in [0.29, 0.717) is 0 Å². The van der Waals surface area contributed by atoms with Gasteiger partial charge in [0.15, 0.2) is 11.6 Å². The number of hydrogen-bond acceptors (Lipinski definition) is 6. The summed E-state index contributed by atoms with van der Waals surface area (Å²) < 4.78 is 9.47. The maximum atomic E-state index is 5.39. The second-order valence-corrected chi connectivity index (χ2v) is 24.5. The monoisotopic (exact) mass is 1170 g/mol. The van der Waals surface area contributed by atoms with Crippen LogP contribution in [0.2, 0.25) is 0 Å². The Labute approximate surface area is 518 Å². The Bertz CT molecular complexity index is 5870.